The van der Waals surface area contributed by atoms with E-state index in [9.17, 15) is 9.90 Å². The normalized spacial score (nSPS) is 15.7. The number of carbonyl (C=O) groups excluding carboxylic acids is 1. The van der Waals surface area contributed by atoms with E-state index in [0.29, 0.717) is 11.5 Å². The van der Waals surface area contributed by atoms with Gasteiger partial charge in [-0.1, -0.05) is 18.2 Å². The van der Waals surface area contributed by atoms with Crippen LogP contribution < -0.4 is 9.47 Å². The van der Waals surface area contributed by atoms with Crippen LogP contribution in [-0.2, 0) is 22.4 Å². The molecule has 2 atom stereocenters. The second-order valence-corrected chi connectivity index (χ2v) is 8.04. The number of phenolic OH excluding ortho intramolecular Hbond substituents is 1. The minimum Gasteiger partial charge on any atom is -0.508 e. The molecule has 4 rings (SSSR count). The van der Waals surface area contributed by atoms with E-state index in [0.717, 1.165) is 29.8 Å². The fraction of sp³-hybridized carbons (Fsp3) is 0.333. The van der Waals surface area contributed by atoms with Crippen molar-refractivity contribution >= 4 is 5.97 Å². The highest BCUT2D eigenvalue weighted by Gasteiger charge is 2.35. The second-order valence-electron chi connectivity index (χ2n) is 8.04. The summed E-state index contributed by atoms with van der Waals surface area (Å²) in [6, 6.07) is 12.1. The Balaban J connectivity index is 1.60. The Kier molecular flexibility index (Phi) is 6.32. The maximum Gasteiger partial charge on any atom is 0.309 e. The van der Waals surface area contributed by atoms with Crippen LogP contribution in [0.3, 0.4) is 0 Å². The van der Waals surface area contributed by atoms with E-state index in [4.69, 9.17) is 14.2 Å². The average molecular weight is 437 g/mol. The first-order valence-corrected chi connectivity index (χ1v) is 10.4. The van der Waals surface area contributed by atoms with Crippen LogP contribution in [0.4, 0.5) is 0 Å². The van der Waals surface area contributed by atoms with E-state index in [1.165, 1.54) is 7.11 Å². The summed E-state index contributed by atoms with van der Waals surface area (Å²) in [4.78, 5) is 18.3. The summed E-state index contributed by atoms with van der Waals surface area (Å²) >= 11 is 0. The van der Waals surface area contributed by atoms with Crippen LogP contribution >= 0.6 is 0 Å². The number of carbonyl (C=O) groups is 1. The van der Waals surface area contributed by atoms with Gasteiger partial charge in [-0.3, -0.25) is 4.79 Å². The molecule has 1 N–H and O–H groups in total. The van der Waals surface area contributed by atoms with Gasteiger partial charge in [0.2, 0.25) is 0 Å². The third-order valence-corrected chi connectivity index (χ3v) is 5.35. The zero-order chi connectivity index (χ0) is 22.7. The standard InChI is InChI=1S/C24H27N3O5/c1-26(2)11-10-18-14-27(15-25-18)23(17-5-7-19(28)8-6-17)24-31-20-9-4-16(12-21(20)32-24)13-22(29)30-3/h4-9,12,14-15,23-24,28H,10-11,13H2,1-3H3. The zero-order valence-corrected chi connectivity index (χ0v) is 18.4. The Hall–Kier alpha value is -3.52. The number of esters is 1. The van der Waals surface area contributed by atoms with Crippen molar-refractivity contribution in [2.75, 3.05) is 27.7 Å². The molecule has 0 fully saturated rings. The summed E-state index contributed by atoms with van der Waals surface area (Å²) in [7, 11) is 5.43. The van der Waals surface area contributed by atoms with E-state index >= 15 is 0 Å². The van der Waals surface area contributed by atoms with E-state index in [2.05, 4.69) is 9.88 Å². The lowest BCUT2D eigenvalue weighted by Gasteiger charge is -2.24. The van der Waals surface area contributed by atoms with Crippen molar-refractivity contribution in [3.8, 4) is 17.2 Å². The van der Waals surface area contributed by atoms with E-state index < -0.39 is 6.29 Å². The second kappa shape index (κ2) is 9.32. The molecule has 0 radical (unpaired) electrons. The van der Waals surface area contributed by atoms with Gasteiger partial charge in [0.1, 0.15) is 11.8 Å². The molecule has 0 saturated heterocycles. The number of aromatic hydroxyl groups is 1. The molecule has 32 heavy (non-hydrogen) atoms. The lowest BCUT2D eigenvalue weighted by molar-refractivity contribution is -0.139. The summed E-state index contributed by atoms with van der Waals surface area (Å²) in [5.41, 5.74) is 2.67. The van der Waals surface area contributed by atoms with E-state index in [1.54, 1.807) is 30.6 Å². The predicted octanol–water partition coefficient (Wildman–Crippen LogP) is 2.80. The van der Waals surface area contributed by atoms with Gasteiger partial charge in [0.15, 0.2) is 11.5 Å². The third kappa shape index (κ3) is 4.86. The van der Waals surface area contributed by atoms with Gasteiger partial charge in [0.25, 0.3) is 6.29 Å². The first-order valence-electron chi connectivity index (χ1n) is 10.4. The number of fused-ring (bicyclic) bond motifs is 1. The molecule has 2 heterocycles. The van der Waals surface area contributed by atoms with Crippen molar-refractivity contribution in [1.82, 2.24) is 14.5 Å². The van der Waals surface area contributed by atoms with Gasteiger partial charge in [-0.15, -0.1) is 0 Å². The highest BCUT2D eigenvalue weighted by Crippen LogP contribution is 2.40. The highest BCUT2D eigenvalue weighted by molar-refractivity contribution is 5.72. The van der Waals surface area contributed by atoms with Crippen molar-refractivity contribution in [2.24, 2.45) is 0 Å². The smallest absolute Gasteiger partial charge is 0.309 e. The van der Waals surface area contributed by atoms with Gasteiger partial charge in [0, 0.05) is 19.2 Å². The molecule has 2 unspecified atom stereocenters. The van der Waals surface area contributed by atoms with Crippen LogP contribution in [0, 0.1) is 0 Å². The van der Waals surface area contributed by atoms with Crippen LogP contribution in [0.25, 0.3) is 0 Å². The number of hydrogen-bond acceptors (Lipinski definition) is 7. The van der Waals surface area contributed by atoms with Gasteiger partial charge >= 0.3 is 5.97 Å². The van der Waals surface area contributed by atoms with Crippen molar-refractivity contribution in [1.29, 1.82) is 0 Å². The zero-order valence-electron chi connectivity index (χ0n) is 18.4. The van der Waals surface area contributed by atoms with Crippen LogP contribution in [0.1, 0.15) is 22.9 Å². The number of imidazole rings is 1. The molecule has 0 amide bonds. The number of methoxy groups -OCH3 is 1. The molecule has 0 spiro atoms. The topological polar surface area (TPSA) is 86.1 Å². The van der Waals surface area contributed by atoms with Crippen LogP contribution in [0.2, 0.25) is 0 Å². The molecule has 2 aromatic carbocycles. The summed E-state index contributed by atoms with van der Waals surface area (Å²) in [6.45, 7) is 0.895. The van der Waals surface area contributed by atoms with Gasteiger partial charge < -0.3 is 28.8 Å². The predicted molar refractivity (Wildman–Crippen MR) is 118 cm³/mol. The molecule has 168 valence electrons. The molecule has 0 saturated carbocycles. The lowest BCUT2D eigenvalue weighted by Crippen LogP contribution is -2.31. The Morgan fingerprint density at radius 3 is 2.66 bits per heavy atom. The number of rotatable bonds is 8. The molecule has 3 aromatic rings. The monoisotopic (exact) mass is 437 g/mol. The first kappa shape index (κ1) is 21.7. The average Bonchev–Trinajstić information content (AvgIpc) is 3.40. The molecule has 8 heteroatoms. The minimum atomic E-state index is -0.640. The van der Waals surface area contributed by atoms with Gasteiger partial charge in [-0.05, 0) is 49.5 Å². The molecular weight excluding hydrogens is 410 g/mol. The molecule has 0 bridgehead atoms. The molecule has 8 nitrogen and oxygen atoms in total. The number of benzene rings is 2. The highest BCUT2D eigenvalue weighted by atomic mass is 16.7. The molecule has 1 aliphatic rings. The molecule has 0 aliphatic carbocycles. The van der Waals surface area contributed by atoms with Gasteiger partial charge in [0.05, 0.1) is 25.6 Å². The maximum absolute atomic E-state index is 11.6. The first-order chi connectivity index (χ1) is 15.4. The SMILES string of the molecule is COC(=O)Cc1ccc2c(c1)OC(C(c1ccc(O)cc1)n1cnc(CCN(C)C)c1)O2. The fourth-order valence-electron chi connectivity index (χ4n) is 3.63. The van der Waals surface area contributed by atoms with Crippen molar-refractivity contribution in [2.45, 2.75) is 25.2 Å². The van der Waals surface area contributed by atoms with E-state index in [-0.39, 0.29) is 24.2 Å². The van der Waals surface area contributed by atoms with Crippen LogP contribution in [0.15, 0.2) is 55.0 Å². The minimum absolute atomic E-state index is 0.163. The Bertz CT molecular complexity index is 1080. The van der Waals surface area contributed by atoms with Gasteiger partial charge in [-0.25, -0.2) is 4.98 Å². The summed E-state index contributed by atoms with van der Waals surface area (Å²) in [6.07, 6.45) is 4.13. The van der Waals surface area contributed by atoms with Crippen molar-refractivity contribution in [3.63, 3.8) is 0 Å². The Labute approximate surface area is 187 Å². The van der Waals surface area contributed by atoms with Crippen molar-refractivity contribution in [3.05, 3.63) is 71.8 Å². The fourth-order valence-corrected chi connectivity index (χ4v) is 3.63. The van der Waals surface area contributed by atoms with E-state index in [1.807, 2.05) is 43.1 Å². The largest absolute Gasteiger partial charge is 0.508 e. The maximum atomic E-state index is 11.6. The lowest BCUT2D eigenvalue weighted by atomic mass is 10.1. The number of hydrogen-bond donors (Lipinski definition) is 1. The molecular formula is C24H27N3O5. The summed E-state index contributed by atoms with van der Waals surface area (Å²) in [5, 5.41) is 9.74. The number of likely N-dealkylation sites (N-methyl/N-ethyl adjacent to an activating group) is 1. The molecule has 1 aliphatic heterocycles. The van der Waals surface area contributed by atoms with Crippen molar-refractivity contribution < 1.29 is 24.1 Å². The Morgan fingerprint density at radius 1 is 1.19 bits per heavy atom. The van der Waals surface area contributed by atoms with Gasteiger partial charge in [-0.2, -0.15) is 0 Å². The third-order valence-electron chi connectivity index (χ3n) is 5.35. The number of phenols is 1. The van der Waals surface area contributed by atoms with Crippen LogP contribution in [-0.4, -0.2) is 59.6 Å². The quantitative estimate of drug-likeness (QED) is 0.543. The Morgan fingerprint density at radius 2 is 1.94 bits per heavy atom. The van der Waals surface area contributed by atoms with Crippen LogP contribution in [0.5, 0.6) is 17.2 Å². The number of aromatic nitrogens is 2. The summed E-state index contributed by atoms with van der Waals surface area (Å²) in [5.74, 6) is 1.06. The number of ether oxygens (including phenoxy) is 3. The number of nitrogens with zero attached hydrogens (tertiary/aromatic N) is 3. The molecule has 1 aromatic heterocycles. The summed E-state index contributed by atoms with van der Waals surface area (Å²) < 4.78 is 19.0.